The molecule has 25 heavy (non-hydrogen) atoms. The SMILES string of the molecule is CCC(C)(C)C(=O)OCC(O)COC(=O)CSCC(C)C(=O)N(C)C. The summed E-state index contributed by atoms with van der Waals surface area (Å²) >= 11 is 1.30. The molecule has 0 heterocycles. The summed E-state index contributed by atoms with van der Waals surface area (Å²) in [6.45, 7) is 6.77. The Hall–Kier alpha value is -1.28. The van der Waals surface area contributed by atoms with Crippen molar-refractivity contribution in [1.82, 2.24) is 4.90 Å². The summed E-state index contributed by atoms with van der Waals surface area (Å²) in [5.74, 6) is -0.434. The Labute approximate surface area is 154 Å². The Morgan fingerprint density at radius 2 is 1.72 bits per heavy atom. The van der Waals surface area contributed by atoms with E-state index < -0.39 is 23.5 Å². The molecule has 2 atom stereocenters. The van der Waals surface area contributed by atoms with Crippen molar-refractivity contribution < 1.29 is 29.0 Å². The molecule has 0 aliphatic carbocycles. The quantitative estimate of drug-likeness (QED) is 0.543. The monoisotopic (exact) mass is 377 g/mol. The summed E-state index contributed by atoms with van der Waals surface area (Å²) in [6, 6.07) is 0. The number of carbonyl (C=O) groups is 3. The highest BCUT2D eigenvalue weighted by molar-refractivity contribution is 7.99. The van der Waals surface area contributed by atoms with Crippen LogP contribution in [0.15, 0.2) is 0 Å². The molecule has 0 bridgehead atoms. The topological polar surface area (TPSA) is 93.1 Å². The number of esters is 2. The van der Waals surface area contributed by atoms with Gasteiger partial charge in [-0.25, -0.2) is 0 Å². The van der Waals surface area contributed by atoms with E-state index in [1.54, 1.807) is 34.9 Å². The maximum absolute atomic E-state index is 11.8. The number of aliphatic hydroxyl groups is 1. The summed E-state index contributed by atoms with van der Waals surface area (Å²) in [5, 5.41) is 9.72. The lowest BCUT2D eigenvalue weighted by atomic mass is 9.91. The second-order valence-corrected chi connectivity index (χ2v) is 7.85. The van der Waals surface area contributed by atoms with E-state index in [0.717, 1.165) is 0 Å². The van der Waals surface area contributed by atoms with E-state index in [1.165, 1.54) is 16.7 Å². The van der Waals surface area contributed by atoms with E-state index in [2.05, 4.69) is 0 Å². The second-order valence-electron chi connectivity index (χ2n) is 6.82. The summed E-state index contributed by atoms with van der Waals surface area (Å²) in [5.41, 5.74) is -0.603. The average Bonchev–Trinajstić information content (AvgIpc) is 2.56. The van der Waals surface area contributed by atoms with Gasteiger partial charge in [0.1, 0.15) is 19.3 Å². The minimum absolute atomic E-state index is 0.00751. The maximum atomic E-state index is 11.8. The largest absolute Gasteiger partial charge is 0.462 e. The number of aliphatic hydroxyl groups excluding tert-OH is 1. The number of carbonyl (C=O) groups excluding carboxylic acids is 3. The van der Waals surface area contributed by atoms with Crippen molar-refractivity contribution in [3.63, 3.8) is 0 Å². The van der Waals surface area contributed by atoms with E-state index in [9.17, 15) is 19.5 Å². The first kappa shape index (κ1) is 23.7. The Balaban J connectivity index is 3.95. The van der Waals surface area contributed by atoms with E-state index >= 15 is 0 Å². The molecule has 0 aromatic carbocycles. The fourth-order valence-electron chi connectivity index (χ4n) is 1.62. The fraction of sp³-hybridized carbons (Fsp3) is 0.824. The first-order chi connectivity index (χ1) is 11.5. The minimum Gasteiger partial charge on any atom is -0.462 e. The molecule has 1 N–H and O–H groups in total. The van der Waals surface area contributed by atoms with E-state index in [1.807, 2.05) is 6.92 Å². The van der Waals surface area contributed by atoms with Crippen molar-refractivity contribution in [2.24, 2.45) is 11.3 Å². The van der Waals surface area contributed by atoms with Gasteiger partial charge in [0, 0.05) is 25.8 Å². The third kappa shape index (κ3) is 9.69. The van der Waals surface area contributed by atoms with Gasteiger partial charge in [0.25, 0.3) is 0 Å². The van der Waals surface area contributed by atoms with Crippen LogP contribution in [0.2, 0.25) is 0 Å². The summed E-state index contributed by atoms with van der Waals surface area (Å²) in [7, 11) is 3.38. The van der Waals surface area contributed by atoms with Crippen molar-refractivity contribution in [1.29, 1.82) is 0 Å². The number of thioether (sulfide) groups is 1. The smallest absolute Gasteiger partial charge is 0.315 e. The minimum atomic E-state index is -1.06. The van der Waals surface area contributed by atoms with Gasteiger partial charge in [-0.3, -0.25) is 14.4 Å². The molecule has 8 heteroatoms. The molecule has 0 fully saturated rings. The predicted molar refractivity (Wildman–Crippen MR) is 97.2 cm³/mol. The van der Waals surface area contributed by atoms with Gasteiger partial charge in [0.05, 0.1) is 11.2 Å². The molecular weight excluding hydrogens is 346 g/mol. The zero-order chi connectivity index (χ0) is 19.6. The van der Waals surface area contributed by atoms with Crippen LogP contribution in [-0.2, 0) is 23.9 Å². The van der Waals surface area contributed by atoms with Crippen molar-refractivity contribution >= 4 is 29.6 Å². The first-order valence-electron chi connectivity index (χ1n) is 8.31. The van der Waals surface area contributed by atoms with Crippen LogP contribution in [0.5, 0.6) is 0 Å². The number of nitrogens with zero attached hydrogens (tertiary/aromatic N) is 1. The maximum Gasteiger partial charge on any atom is 0.315 e. The van der Waals surface area contributed by atoms with E-state index in [-0.39, 0.29) is 30.8 Å². The molecule has 0 aliphatic heterocycles. The highest BCUT2D eigenvalue weighted by Crippen LogP contribution is 2.21. The Morgan fingerprint density at radius 1 is 1.16 bits per heavy atom. The average molecular weight is 378 g/mol. The summed E-state index contributed by atoms with van der Waals surface area (Å²) in [6.07, 6.45) is -0.428. The molecule has 0 saturated carbocycles. The normalized spacial score (nSPS) is 13.7. The number of rotatable bonds is 11. The summed E-state index contributed by atoms with van der Waals surface area (Å²) in [4.78, 5) is 36.6. The summed E-state index contributed by atoms with van der Waals surface area (Å²) < 4.78 is 9.97. The highest BCUT2D eigenvalue weighted by atomic mass is 32.2. The Morgan fingerprint density at radius 3 is 2.24 bits per heavy atom. The lowest BCUT2D eigenvalue weighted by molar-refractivity contribution is -0.159. The van der Waals surface area contributed by atoms with Gasteiger partial charge in [-0.1, -0.05) is 13.8 Å². The Kier molecular flexibility index (Phi) is 10.8. The second kappa shape index (κ2) is 11.4. The van der Waals surface area contributed by atoms with Crippen LogP contribution in [0.1, 0.15) is 34.1 Å². The van der Waals surface area contributed by atoms with Crippen molar-refractivity contribution in [3.05, 3.63) is 0 Å². The van der Waals surface area contributed by atoms with Crippen molar-refractivity contribution in [2.75, 3.05) is 38.8 Å². The lowest BCUT2D eigenvalue weighted by Crippen LogP contribution is -2.31. The third-order valence-electron chi connectivity index (χ3n) is 3.73. The van der Waals surface area contributed by atoms with Crippen molar-refractivity contribution in [2.45, 2.75) is 40.2 Å². The number of amides is 1. The number of hydrogen-bond donors (Lipinski definition) is 1. The lowest BCUT2D eigenvalue weighted by Gasteiger charge is -2.21. The van der Waals surface area contributed by atoms with Gasteiger partial charge in [-0.2, -0.15) is 0 Å². The zero-order valence-corrected chi connectivity index (χ0v) is 16.9. The van der Waals surface area contributed by atoms with Gasteiger partial charge >= 0.3 is 11.9 Å². The molecule has 2 unspecified atom stereocenters. The molecule has 0 saturated heterocycles. The molecule has 0 spiro atoms. The van der Waals surface area contributed by atoms with Gasteiger partial charge in [-0.05, 0) is 20.3 Å². The highest BCUT2D eigenvalue weighted by Gasteiger charge is 2.27. The standard InChI is InChI=1S/C17H31NO6S/c1-7-17(3,4)16(22)24-9-13(19)8-23-14(20)11-25-10-12(2)15(21)18(5)6/h12-13,19H,7-11H2,1-6H3. The molecule has 0 aromatic rings. The first-order valence-corrected chi connectivity index (χ1v) is 9.46. The van der Waals surface area contributed by atoms with Crippen LogP contribution < -0.4 is 0 Å². The Bertz CT molecular complexity index is 452. The van der Waals surface area contributed by atoms with Gasteiger partial charge in [-0.15, -0.1) is 11.8 Å². The molecule has 0 rings (SSSR count). The van der Waals surface area contributed by atoms with Gasteiger partial charge < -0.3 is 19.5 Å². The van der Waals surface area contributed by atoms with Crippen LogP contribution >= 0.6 is 11.8 Å². The van der Waals surface area contributed by atoms with Crippen LogP contribution in [0, 0.1) is 11.3 Å². The van der Waals surface area contributed by atoms with E-state index in [0.29, 0.717) is 12.2 Å². The van der Waals surface area contributed by atoms with Gasteiger partial charge in [0.2, 0.25) is 5.91 Å². The number of hydrogen-bond acceptors (Lipinski definition) is 7. The molecular formula is C17H31NO6S. The van der Waals surface area contributed by atoms with Crippen LogP contribution in [0.25, 0.3) is 0 Å². The third-order valence-corrected chi connectivity index (χ3v) is 4.91. The molecule has 1 amide bonds. The van der Waals surface area contributed by atoms with Crippen LogP contribution in [-0.4, -0.2) is 72.8 Å². The van der Waals surface area contributed by atoms with Gasteiger partial charge in [0.15, 0.2) is 0 Å². The van der Waals surface area contributed by atoms with Crippen molar-refractivity contribution in [3.8, 4) is 0 Å². The molecule has 0 aromatic heterocycles. The molecule has 7 nitrogen and oxygen atoms in total. The zero-order valence-electron chi connectivity index (χ0n) is 16.0. The molecule has 146 valence electrons. The number of ether oxygens (including phenoxy) is 2. The molecule has 0 aliphatic rings. The van der Waals surface area contributed by atoms with E-state index in [4.69, 9.17) is 9.47 Å². The van der Waals surface area contributed by atoms with Crippen LogP contribution in [0.3, 0.4) is 0 Å². The fourth-order valence-corrected chi connectivity index (χ4v) is 2.49. The molecule has 0 radical (unpaired) electrons. The van der Waals surface area contributed by atoms with Crippen LogP contribution in [0.4, 0.5) is 0 Å². The predicted octanol–water partition coefficient (Wildman–Crippen LogP) is 1.33.